The second-order valence-corrected chi connectivity index (χ2v) is 4.83. The third kappa shape index (κ3) is 6.97. The van der Waals surface area contributed by atoms with Crippen molar-refractivity contribution in [1.82, 2.24) is 5.32 Å². The number of carbonyl (C=O) groups excluding carboxylic acids is 1. The maximum Gasteiger partial charge on any atom is 0.335 e. The summed E-state index contributed by atoms with van der Waals surface area (Å²) in [7, 11) is 0. The molecule has 1 unspecified atom stereocenters. The molecule has 1 rings (SSSR count). The summed E-state index contributed by atoms with van der Waals surface area (Å²) in [4.78, 5) is 11.5. The van der Waals surface area contributed by atoms with Crippen molar-refractivity contribution < 1.29 is 14.3 Å². The highest BCUT2D eigenvalue weighted by molar-refractivity contribution is 5.74. The summed E-state index contributed by atoms with van der Waals surface area (Å²) in [5.74, 6) is -0.173. The van der Waals surface area contributed by atoms with E-state index in [2.05, 4.69) is 12.2 Å². The van der Waals surface area contributed by atoms with Gasteiger partial charge in [0.15, 0.2) is 6.10 Å². The van der Waals surface area contributed by atoms with Gasteiger partial charge in [-0.3, -0.25) is 0 Å². The van der Waals surface area contributed by atoms with E-state index in [1.54, 1.807) is 0 Å². The van der Waals surface area contributed by atoms with Crippen LogP contribution in [0.4, 0.5) is 0 Å². The van der Waals surface area contributed by atoms with Crippen molar-refractivity contribution in [3.63, 3.8) is 0 Å². The summed E-state index contributed by atoms with van der Waals surface area (Å²) in [5.41, 5.74) is 0. The summed E-state index contributed by atoms with van der Waals surface area (Å²) in [5, 5.41) is 3.40. The summed E-state index contributed by atoms with van der Waals surface area (Å²) >= 11 is 0. The Morgan fingerprint density at radius 1 is 1.28 bits per heavy atom. The average Bonchev–Trinajstić information content (AvgIpc) is 2.90. The molecular weight excluding hydrogens is 230 g/mol. The summed E-state index contributed by atoms with van der Waals surface area (Å²) < 4.78 is 10.4. The number of esters is 1. The fourth-order valence-electron chi connectivity index (χ4n) is 1.98. The number of hydrogen-bond donors (Lipinski definition) is 1. The fraction of sp³-hybridized carbons (Fsp3) is 0.929. The van der Waals surface area contributed by atoms with E-state index >= 15 is 0 Å². The molecule has 18 heavy (non-hydrogen) atoms. The summed E-state index contributed by atoms with van der Waals surface area (Å²) in [6, 6.07) is 0. The van der Waals surface area contributed by atoms with Crippen LogP contribution in [-0.2, 0) is 14.3 Å². The van der Waals surface area contributed by atoms with Gasteiger partial charge in [-0.05, 0) is 51.6 Å². The molecule has 1 aliphatic rings. The molecule has 1 atom stereocenters. The van der Waals surface area contributed by atoms with Crippen molar-refractivity contribution in [2.45, 2.75) is 58.0 Å². The molecule has 0 aliphatic carbocycles. The van der Waals surface area contributed by atoms with Gasteiger partial charge in [-0.15, -0.1) is 0 Å². The third-order valence-electron chi connectivity index (χ3n) is 3.14. The third-order valence-corrected chi connectivity index (χ3v) is 3.14. The van der Waals surface area contributed by atoms with Crippen molar-refractivity contribution in [2.24, 2.45) is 0 Å². The number of hydrogen-bond acceptors (Lipinski definition) is 4. The largest absolute Gasteiger partial charge is 0.464 e. The molecule has 0 saturated carbocycles. The average molecular weight is 257 g/mol. The lowest BCUT2D eigenvalue weighted by atomic mass is 10.2. The number of carbonyl (C=O) groups is 1. The van der Waals surface area contributed by atoms with Crippen LogP contribution in [0.25, 0.3) is 0 Å². The monoisotopic (exact) mass is 257 g/mol. The van der Waals surface area contributed by atoms with Crippen LogP contribution in [-0.4, -0.2) is 38.4 Å². The molecule has 4 heteroatoms. The Labute approximate surface area is 110 Å². The highest BCUT2D eigenvalue weighted by Crippen LogP contribution is 2.13. The van der Waals surface area contributed by atoms with Gasteiger partial charge in [0.2, 0.25) is 0 Å². The lowest BCUT2D eigenvalue weighted by molar-refractivity contribution is -0.154. The highest BCUT2D eigenvalue weighted by atomic mass is 16.6. The minimum absolute atomic E-state index is 0.173. The van der Waals surface area contributed by atoms with Gasteiger partial charge in [-0.2, -0.15) is 0 Å². The van der Waals surface area contributed by atoms with E-state index in [0.717, 1.165) is 45.2 Å². The Morgan fingerprint density at radius 2 is 2.11 bits per heavy atom. The number of rotatable bonds is 10. The smallest absolute Gasteiger partial charge is 0.335 e. The van der Waals surface area contributed by atoms with E-state index in [4.69, 9.17) is 9.47 Å². The first-order chi connectivity index (χ1) is 8.84. The first kappa shape index (κ1) is 15.4. The molecule has 0 radical (unpaired) electrons. The topological polar surface area (TPSA) is 47.6 Å². The molecule has 0 aromatic rings. The van der Waals surface area contributed by atoms with E-state index in [1.807, 2.05) is 0 Å². The fourth-order valence-corrected chi connectivity index (χ4v) is 1.98. The van der Waals surface area contributed by atoms with Crippen molar-refractivity contribution in [3.05, 3.63) is 0 Å². The van der Waals surface area contributed by atoms with Crippen molar-refractivity contribution >= 4 is 5.97 Å². The van der Waals surface area contributed by atoms with E-state index < -0.39 is 0 Å². The van der Waals surface area contributed by atoms with Crippen molar-refractivity contribution in [1.29, 1.82) is 0 Å². The summed E-state index contributed by atoms with van der Waals surface area (Å²) in [6.45, 7) is 5.62. The Hall–Kier alpha value is -0.610. The second kappa shape index (κ2) is 10.3. The van der Waals surface area contributed by atoms with E-state index in [1.165, 1.54) is 12.8 Å². The van der Waals surface area contributed by atoms with Gasteiger partial charge in [-0.1, -0.05) is 13.3 Å². The van der Waals surface area contributed by atoms with Crippen LogP contribution >= 0.6 is 0 Å². The Bertz CT molecular complexity index is 215. The lowest BCUT2D eigenvalue weighted by Crippen LogP contribution is -2.22. The molecule has 0 amide bonds. The zero-order valence-electron chi connectivity index (χ0n) is 11.6. The molecule has 1 heterocycles. The standard InChI is InChI=1S/C14H27NO3/c1-2-3-9-15-10-5-4-6-11-18-14(16)13-8-7-12-17-13/h13,15H,2-12H2,1H3. The van der Waals surface area contributed by atoms with Gasteiger partial charge in [0.1, 0.15) is 0 Å². The van der Waals surface area contributed by atoms with E-state index in [9.17, 15) is 4.79 Å². The molecule has 0 spiro atoms. The van der Waals surface area contributed by atoms with Crippen LogP contribution in [0.2, 0.25) is 0 Å². The minimum atomic E-state index is -0.291. The number of nitrogens with one attached hydrogen (secondary N) is 1. The molecule has 4 nitrogen and oxygen atoms in total. The van der Waals surface area contributed by atoms with Crippen molar-refractivity contribution in [3.8, 4) is 0 Å². The van der Waals surface area contributed by atoms with E-state index in [0.29, 0.717) is 13.2 Å². The lowest BCUT2D eigenvalue weighted by Gasteiger charge is -2.09. The maximum absolute atomic E-state index is 11.5. The minimum Gasteiger partial charge on any atom is -0.464 e. The Kier molecular flexibility index (Phi) is 8.86. The van der Waals surface area contributed by atoms with Gasteiger partial charge in [0, 0.05) is 6.61 Å². The predicted octanol–water partition coefficient (Wildman–Crippen LogP) is 2.27. The van der Waals surface area contributed by atoms with Gasteiger partial charge < -0.3 is 14.8 Å². The molecular formula is C14H27NO3. The van der Waals surface area contributed by atoms with Crippen LogP contribution in [0, 0.1) is 0 Å². The van der Waals surface area contributed by atoms with Gasteiger partial charge >= 0.3 is 5.97 Å². The van der Waals surface area contributed by atoms with Crippen LogP contribution in [0.15, 0.2) is 0 Å². The molecule has 1 aliphatic heterocycles. The molecule has 0 bridgehead atoms. The summed E-state index contributed by atoms with van der Waals surface area (Å²) in [6.07, 6.45) is 7.21. The molecule has 1 saturated heterocycles. The molecule has 0 aromatic heterocycles. The zero-order chi connectivity index (χ0) is 13.1. The molecule has 1 N–H and O–H groups in total. The highest BCUT2D eigenvalue weighted by Gasteiger charge is 2.24. The predicted molar refractivity (Wildman–Crippen MR) is 71.6 cm³/mol. The van der Waals surface area contributed by atoms with Crippen LogP contribution in [0.1, 0.15) is 51.9 Å². The molecule has 106 valence electrons. The first-order valence-electron chi connectivity index (χ1n) is 7.33. The van der Waals surface area contributed by atoms with Crippen molar-refractivity contribution in [2.75, 3.05) is 26.3 Å². The van der Waals surface area contributed by atoms with Gasteiger partial charge in [-0.25, -0.2) is 4.79 Å². The Balaban J connectivity index is 1.82. The number of unbranched alkanes of at least 4 members (excludes halogenated alkanes) is 3. The number of ether oxygens (including phenoxy) is 2. The molecule has 1 fully saturated rings. The normalized spacial score (nSPS) is 19.1. The van der Waals surface area contributed by atoms with Crippen LogP contribution in [0.3, 0.4) is 0 Å². The molecule has 0 aromatic carbocycles. The van der Waals surface area contributed by atoms with Crippen LogP contribution in [0.5, 0.6) is 0 Å². The quantitative estimate of drug-likeness (QED) is 0.482. The van der Waals surface area contributed by atoms with E-state index in [-0.39, 0.29) is 12.1 Å². The van der Waals surface area contributed by atoms with Crippen LogP contribution < -0.4 is 5.32 Å². The van der Waals surface area contributed by atoms with Gasteiger partial charge in [0.05, 0.1) is 6.61 Å². The zero-order valence-corrected chi connectivity index (χ0v) is 11.6. The Morgan fingerprint density at radius 3 is 2.83 bits per heavy atom. The van der Waals surface area contributed by atoms with Gasteiger partial charge in [0.25, 0.3) is 0 Å². The second-order valence-electron chi connectivity index (χ2n) is 4.83. The SMILES string of the molecule is CCCCNCCCCCOC(=O)C1CCCO1. The maximum atomic E-state index is 11.5. The first-order valence-corrected chi connectivity index (χ1v) is 7.33.